The number of Topliss-reactive ketones (excluding diaryl/α,β-unsaturated/α-hetero) is 1. The summed E-state index contributed by atoms with van der Waals surface area (Å²) < 4.78 is 36.3. The van der Waals surface area contributed by atoms with E-state index in [1.165, 1.54) is 12.1 Å². The van der Waals surface area contributed by atoms with Gasteiger partial charge < -0.3 is 34.2 Å². The van der Waals surface area contributed by atoms with Gasteiger partial charge in [-0.05, 0) is 0 Å². The van der Waals surface area contributed by atoms with Gasteiger partial charge in [0.1, 0.15) is 18.3 Å². The molecule has 1 aliphatic rings. The van der Waals surface area contributed by atoms with E-state index >= 15 is 0 Å². The number of carbonyl (C=O) groups is 1. The van der Waals surface area contributed by atoms with Gasteiger partial charge in [-0.1, -0.05) is 30.3 Å². The number of nitrogens with zero attached hydrogens (tertiary/aromatic N) is 2. The van der Waals surface area contributed by atoms with Crippen LogP contribution in [0.15, 0.2) is 52.2 Å². The quantitative estimate of drug-likeness (QED) is 0.146. The second-order valence-electron chi connectivity index (χ2n) is 7.06. The zero-order valence-electron chi connectivity index (χ0n) is 19.0. The maximum atomic E-state index is 12.8. The van der Waals surface area contributed by atoms with Gasteiger partial charge in [0, 0.05) is 17.8 Å². The molecular formula is C17H18N2Na2O13P2. The van der Waals surface area contributed by atoms with E-state index in [0.29, 0.717) is 9.13 Å². The van der Waals surface area contributed by atoms with E-state index in [9.17, 15) is 48.4 Å². The van der Waals surface area contributed by atoms with E-state index in [4.69, 9.17) is 4.74 Å². The molecule has 2 heterocycles. The Morgan fingerprint density at radius 3 is 2.25 bits per heavy atom. The molecule has 19 heteroatoms. The van der Waals surface area contributed by atoms with Crippen molar-refractivity contribution in [3.05, 3.63) is 69.0 Å². The van der Waals surface area contributed by atoms with Gasteiger partial charge in [-0.3, -0.25) is 27.6 Å². The largest absolute Gasteiger partial charge is 1.00 e. The Morgan fingerprint density at radius 1 is 1.06 bits per heavy atom. The van der Waals surface area contributed by atoms with Crippen molar-refractivity contribution in [1.29, 1.82) is 0 Å². The van der Waals surface area contributed by atoms with Crippen LogP contribution < -0.4 is 80.2 Å². The standard InChI is InChI=1S/C17H20N2O13P2.2Na/c20-11(10-4-2-1-3-5-10)8-19-13(21)6-7-18(17(19)24)16-15(23)14(22)12(31-16)9-30-34(28,29)32-33(25,26)27;;/h1-7,12,14-16,22-23H,8-9H2,(H,28,29)(H2,25,26,27);;/q;2*+1/p-2. The first-order valence-corrected chi connectivity index (χ1v) is 12.4. The minimum absolute atomic E-state index is 0. The smallest absolute Gasteiger partial charge is 0.789 e. The van der Waals surface area contributed by atoms with Gasteiger partial charge in [0.25, 0.3) is 5.56 Å². The Bertz CT molecular complexity index is 1270. The fourth-order valence-electron chi connectivity index (χ4n) is 3.14. The number of aliphatic hydroxyl groups is 2. The molecule has 0 radical (unpaired) electrons. The Kier molecular flexibility index (Phi) is 12.8. The summed E-state index contributed by atoms with van der Waals surface area (Å²) in [5.41, 5.74) is -1.65. The Morgan fingerprint density at radius 2 is 1.67 bits per heavy atom. The zero-order chi connectivity index (χ0) is 25.3. The molecule has 1 saturated heterocycles. The molecule has 3 N–H and O–H groups in total. The van der Waals surface area contributed by atoms with Crippen molar-refractivity contribution in [2.75, 3.05) is 6.61 Å². The van der Waals surface area contributed by atoms with E-state index in [-0.39, 0.29) is 64.7 Å². The number of phosphoric acid groups is 2. The van der Waals surface area contributed by atoms with Gasteiger partial charge in [0.15, 0.2) is 12.0 Å². The molecule has 15 nitrogen and oxygen atoms in total. The molecule has 0 bridgehead atoms. The summed E-state index contributed by atoms with van der Waals surface area (Å²) in [6.07, 6.45) is -5.89. The first-order valence-electron chi connectivity index (χ1n) is 9.41. The van der Waals surface area contributed by atoms with Crippen LogP contribution in [0.4, 0.5) is 0 Å². The van der Waals surface area contributed by atoms with Crippen LogP contribution in [-0.4, -0.2) is 54.9 Å². The molecule has 0 spiro atoms. The Labute approximate surface area is 247 Å². The van der Waals surface area contributed by atoms with Gasteiger partial charge in [-0.15, -0.1) is 0 Å². The SMILES string of the molecule is O=C(Cn1c(=O)ccn(C2OC(COP(=O)(O)OP(=O)([O-])[O-])C(O)C2O)c1=O)c1ccccc1.[Na+].[Na+]. The van der Waals surface area contributed by atoms with Crippen molar-refractivity contribution < 1.29 is 112 Å². The van der Waals surface area contributed by atoms with Crippen LogP contribution in [0.1, 0.15) is 16.6 Å². The molecule has 186 valence electrons. The predicted molar refractivity (Wildman–Crippen MR) is 106 cm³/mol. The van der Waals surface area contributed by atoms with Crippen LogP contribution in [-0.2, 0) is 29.2 Å². The van der Waals surface area contributed by atoms with Crippen LogP contribution in [0, 0.1) is 0 Å². The molecule has 5 unspecified atom stereocenters. The fraction of sp³-hybridized carbons (Fsp3) is 0.353. The number of ether oxygens (including phenoxy) is 1. The van der Waals surface area contributed by atoms with E-state index in [1.807, 2.05) is 0 Å². The molecule has 36 heavy (non-hydrogen) atoms. The number of ketones is 1. The topological polar surface area (TPSA) is 230 Å². The fourth-order valence-corrected chi connectivity index (χ4v) is 4.68. The molecule has 3 rings (SSSR count). The van der Waals surface area contributed by atoms with E-state index in [0.717, 1.165) is 12.3 Å². The molecule has 1 aromatic heterocycles. The Balaban J connectivity index is 0.00000324. The maximum Gasteiger partial charge on any atom is 1.00 e. The number of carbonyl (C=O) groups excluding carboxylic acids is 1. The summed E-state index contributed by atoms with van der Waals surface area (Å²) in [6, 6.07) is 8.75. The summed E-state index contributed by atoms with van der Waals surface area (Å²) in [4.78, 5) is 67.7. The van der Waals surface area contributed by atoms with Crippen LogP contribution in [0.2, 0.25) is 0 Å². The van der Waals surface area contributed by atoms with Crippen LogP contribution in [0.25, 0.3) is 0 Å². The summed E-state index contributed by atoms with van der Waals surface area (Å²) >= 11 is 0. The minimum Gasteiger partial charge on any atom is -0.789 e. The van der Waals surface area contributed by atoms with E-state index < -0.39 is 70.4 Å². The van der Waals surface area contributed by atoms with E-state index in [2.05, 4.69) is 8.83 Å². The monoisotopic (exact) mass is 566 g/mol. The summed E-state index contributed by atoms with van der Waals surface area (Å²) in [5.74, 6) is -0.551. The summed E-state index contributed by atoms with van der Waals surface area (Å²) in [7, 11) is -11.3. The molecule has 1 aromatic carbocycles. The molecule has 0 saturated carbocycles. The maximum absolute atomic E-state index is 12.8. The minimum atomic E-state index is -5.88. The number of hydrogen-bond donors (Lipinski definition) is 3. The van der Waals surface area contributed by atoms with Crippen molar-refractivity contribution >= 4 is 21.4 Å². The summed E-state index contributed by atoms with van der Waals surface area (Å²) in [5, 5.41) is 20.4. The van der Waals surface area contributed by atoms with Crippen molar-refractivity contribution in [3.8, 4) is 0 Å². The third-order valence-corrected chi connectivity index (χ3v) is 6.81. The number of phosphoric ester groups is 1. The van der Waals surface area contributed by atoms with E-state index in [1.54, 1.807) is 18.2 Å². The average Bonchev–Trinajstić information content (AvgIpc) is 3.02. The molecular weight excluding hydrogens is 548 g/mol. The van der Waals surface area contributed by atoms with Gasteiger partial charge in [0.05, 0.1) is 21.0 Å². The van der Waals surface area contributed by atoms with Crippen molar-refractivity contribution in [3.63, 3.8) is 0 Å². The number of hydrogen-bond acceptors (Lipinski definition) is 12. The molecule has 5 atom stereocenters. The van der Waals surface area contributed by atoms with Gasteiger partial charge in [0.2, 0.25) is 0 Å². The number of aliphatic hydroxyl groups excluding tert-OH is 2. The van der Waals surface area contributed by atoms with Crippen molar-refractivity contribution in [1.82, 2.24) is 9.13 Å². The average molecular weight is 566 g/mol. The first-order chi connectivity index (χ1) is 15.8. The normalized spacial score (nSPS) is 23.2. The van der Waals surface area contributed by atoms with Gasteiger partial charge >= 0.3 is 72.6 Å². The molecule has 0 aliphatic carbocycles. The second kappa shape index (κ2) is 13.7. The molecule has 0 amide bonds. The third-order valence-electron chi connectivity index (χ3n) is 4.71. The number of aromatic nitrogens is 2. The first kappa shape index (κ1) is 33.7. The third kappa shape index (κ3) is 8.61. The number of rotatable bonds is 9. The predicted octanol–water partition coefficient (Wildman–Crippen LogP) is -8.52. The zero-order valence-corrected chi connectivity index (χ0v) is 24.8. The van der Waals surface area contributed by atoms with Crippen molar-refractivity contribution in [2.45, 2.75) is 31.1 Å². The van der Waals surface area contributed by atoms with Crippen molar-refractivity contribution in [2.24, 2.45) is 0 Å². The summed E-state index contributed by atoms with van der Waals surface area (Å²) in [6.45, 7) is -1.65. The second-order valence-corrected chi connectivity index (χ2v) is 9.80. The molecule has 1 aliphatic heterocycles. The molecule has 1 fully saturated rings. The van der Waals surface area contributed by atoms with Crippen LogP contribution >= 0.6 is 15.6 Å². The Hall–Kier alpha value is -0.290. The van der Waals surface area contributed by atoms with Gasteiger partial charge in [-0.2, -0.15) is 0 Å². The van der Waals surface area contributed by atoms with Crippen LogP contribution in [0.5, 0.6) is 0 Å². The number of benzene rings is 1. The van der Waals surface area contributed by atoms with Gasteiger partial charge in [-0.25, -0.2) is 9.36 Å². The molecule has 2 aromatic rings. The van der Waals surface area contributed by atoms with Crippen LogP contribution in [0.3, 0.4) is 0 Å².